The molecule has 4 nitrogen and oxygen atoms in total. The Balaban J connectivity index is 0. The first-order valence-electron chi connectivity index (χ1n) is 1.68. The van der Waals surface area contributed by atoms with E-state index in [4.69, 9.17) is 4.55 Å². The summed E-state index contributed by atoms with van der Waals surface area (Å²) in [6, 6.07) is 0. The molecule has 0 aromatic rings. The summed E-state index contributed by atoms with van der Waals surface area (Å²) >= 11 is 0. The summed E-state index contributed by atoms with van der Waals surface area (Å²) in [5.74, 6) is 0. The Bertz CT molecular complexity index is 161. The summed E-state index contributed by atoms with van der Waals surface area (Å²) in [7, 11) is -3.85. The van der Waals surface area contributed by atoms with Gasteiger partial charge in [0.05, 0.1) is 6.61 Å². The molecule has 0 saturated carbocycles. The maximum absolute atomic E-state index is 9.82. The van der Waals surface area contributed by atoms with Crippen molar-refractivity contribution in [3.63, 3.8) is 0 Å². The zero-order valence-corrected chi connectivity index (χ0v) is 7.18. The molecular weight excluding hydrogens is 143 g/mol. The minimum Gasteiger partial charge on any atom is -1.00 e. The molecule has 0 amide bonds. The Morgan fingerprint density at radius 3 is 2.12 bits per heavy atom. The molecule has 8 heavy (non-hydrogen) atoms. The Kier molecular flexibility index (Phi) is 2.92. The summed E-state index contributed by atoms with van der Waals surface area (Å²) in [5.41, 5.74) is -0.924. The molecule has 0 aromatic carbocycles. The summed E-state index contributed by atoms with van der Waals surface area (Å²) in [4.78, 5) is 0. The third-order valence-electron chi connectivity index (χ3n) is 0.635. The van der Waals surface area contributed by atoms with Crippen LogP contribution in [0.5, 0.6) is 0 Å². The van der Waals surface area contributed by atoms with E-state index in [1.54, 1.807) is 0 Å². The fourth-order valence-corrected chi connectivity index (χ4v) is 0.634. The summed E-state index contributed by atoms with van der Waals surface area (Å²) < 4.78 is 31.9. The minimum absolute atomic E-state index is 0. The smallest absolute Gasteiger partial charge is 1.00 e. The van der Waals surface area contributed by atoms with E-state index in [0.717, 1.165) is 0 Å². The van der Waals surface area contributed by atoms with Crippen molar-refractivity contribution < 1.29 is 48.7 Å². The number of rotatable bonds is 1. The Morgan fingerprint density at radius 1 is 1.75 bits per heavy atom. The van der Waals surface area contributed by atoms with Crippen LogP contribution in [0.1, 0.15) is 1.43 Å². The molecule has 6 heteroatoms. The molecule has 0 spiro atoms. The molecule has 0 radical (unpaired) electrons. The summed E-state index contributed by atoms with van der Waals surface area (Å²) in [5, 5.41) is 0. The number of ether oxygens (including phenoxy) is 1. The number of hydrogen-bond acceptors (Lipinski definition) is 3. The first kappa shape index (κ1) is 8.87. The minimum atomic E-state index is -3.85. The van der Waals surface area contributed by atoms with Crippen molar-refractivity contribution in [2.45, 2.75) is 5.44 Å². The molecule has 1 saturated heterocycles. The maximum Gasteiger partial charge on any atom is 1.00 e. The van der Waals surface area contributed by atoms with Gasteiger partial charge in [-0.3, -0.25) is 4.55 Å². The van der Waals surface area contributed by atoms with Gasteiger partial charge in [0.15, 0.2) is 0 Å². The molecule has 1 aliphatic heterocycles. The van der Waals surface area contributed by atoms with Gasteiger partial charge in [-0.25, -0.2) is 0 Å². The van der Waals surface area contributed by atoms with E-state index in [1.807, 2.05) is 0 Å². The van der Waals surface area contributed by atoms with Crippen LogP contribution in [-0.2, 0) is 14.9 Å². The molecule has 44 valence electrons. The van der Waals surface area contributed by atoms with E-state index in [1.165, 1.54) is 0 Å². The van der Waals surface area contributed by atoms with Crippen LogP contribution < -0.4 is 29.6 Å². The molecule has 1 N–H and O–H groups in total. The molecule has 1 heterocycles. The van der Waals surface area contributed by atoms with Gasteiger partial charge in [0, 0.05) is 0 Å². The molecular formula is C2H5NaO4S. The van der Waals surface area contributed by atoms with Crippen molar-refractivity contribution in [2.75, 3.05) is 6.61 Å². The SMILES string of the molecule is O=S(=O)(O)C1CO1.[H-].[Na+]. The van der Waals surface area contributed by atoms with Gasteiger partial charge < -0.3 is 6.16 Å². The normalized spacial score (nSPS) is 26.4. The second-order valence-electron chi connectivity index (χ2n) is 1.28. The van der Waals surface area contributed by atoms with Crippen LogP contribution in [0.25, 0.3) is 0 Å². The monoisotopic (exact) mass is 148 g/mol. The third kappa shape index (κ3) is 2.43. The first-order valence-corrected chi connectivity index (χ1v) is 3.19. The van der Waals surface area contributed by atoms with E-state index < -0.39 is 15.6 Å². The Morgan fingerprint density at radius 2 is 2.12 bits per heavy atom. The molecule has 1 rings (SSSR count). The molecule has 0 bridgehead atoms. The maximum atomic E-state index is 9.82. The van der Waals surface area contributed by atoms with Crippen molar-refractivity contribution in [3.8, 4) is 0 Å². The van der Waals surface area contributed by atoms with Gasteiger partial charge in [-0.1, -0.05) is 0 Å². The zero-order valence-electron chi connectivity index (χ0n) is 5.36. The molecule has 1 unspecified atom stereocenters. The zero-order chi connectivity index (χ0) is 5.49. The van der Waals surface area contributed by atoms with Crippen molar-refractivity contribution in [3.05, 3.63) is 0 Å². The van der Waals surface area contributed by atoms with Gasteiger partial charge in [-0.2, -0.15) is 8.42 Å². The molecule has 1 aliphatic rings. The van der Waals surface area contributed by atoms with Gasteiger partial charge in [0.2, 0.25) is 5.44 Å². The second kappa shape index (κ2) is 2.64. The van der Waals surface area contributed by atoms with Gasteiger partial charge in [-0.15, -0.1) is 0 Å². The standard InChI is InChI=1S/C2H4O4S.Na.H/c3-7(4,5)2-1-6-2;;/h2H,1H2,(H,3,4,5);;/q;+1;-1. The predicted octanol–water partition coefficient (Wildman–Crippen LogP) is -3.65. The second-order valence-corrected chi connectivity index (χ2v) is 2.83. The molecule has 1 fully saturated rings. The molecule has 1 atom stereocenters. The summed E-state index contributed by atoms with van der Waals surface area (Å²) in [6.45, 7) is 0.138. The fraction of sp³-hybridized carbons (Fsp3) is 1.00. The van der Waals surface area contributed by atoms with E-state index >= 15 is 0 Å². The van der Waals surface area contributed by atoms with Crippen molar-refractivity contribution >= 4 is 10.1 Å². The largest absolute Gasteiger partial charge is 1.00 e. The van der Waals surface area contributed by atoms with Crippen LogP contribution in [0.3, 0.4) is 0 Å². The topological polar surface area (TPSA) is 66.9 Å². The average molecular weight is 148 g/mol. The third-order valence-corrected chi connectivity index (χ3v) is 1.57. The van der Waals surface area contributed by atoms with E-state index in [9.17, 15) is 8.42 Å². The number of epoxide rings is 1. The Hall–Kier alpha value is 0.870. The van der Waals surface area contributed by atoms with Crippen LogP contribution in [0.4, 0.5) is 0 Å². The van der Waals surface area contributed by atoms with Crippen molar-refractivity contribution in [1.82, 2.24) is 0 Å². The van der Waals surface area contributed by atoms with E-state index in [0.29, 0.717) is 0 Å². The van der Waals surface area contributed by atoms with Crippen molar-refractivity contribution in [2.24, 2.45) is 0 Å². The average Bonchev–Trinajstić information content (AvgIpc) is 1.99. The molecule has 0 aliphatic carbocycles. The van der Waals surface area contributed by atoms with Gasteiger partial charge in [0.1, 0.15) is 0 Å². The van der Waals surface area contributed by atoms with Crippen LogP contribution in [-0.4, -0.2) is 25.0 Å². The van der Waals surface area contributed by atoms with Crippen LogP contribution >= 0.6 is 0 Å². The van der Waals surface area contributed by atoms with Crippen LogP contribution in [0.15, 0.2) is 0 Å². The van der Waals surface area contributed by atoms with Gasteiger partial charge >= 0.3 is 29.6 Å². The fourth-order valence-electron chi connectivity index (χ4n) is 0.211. The Labute approximate surface area is 70.7 Å². The molecule has 0 aromatic heterocycles. The van der Waals surface area contributed by atoms with Crippen molar-refractivity contribution in [1.29, 1.82) is 0 Å². The number of hydrogen-bond donors (Lipinski definition) is 1. The van der Waals surface area contributed by atoms with Gasteiger partial charge in [-0.05, 0) is 0 Å². The van der Waals surface area contributed by atoms with E-state index in [-0.39, 0.29) is 37.6 Å². The van der Waals surface area contributed by atoms with Crippen LogP contribution in [0.2, 0.25) is 0 Å². The van der Waals surface area contributed by atoms with Crippen LogP contribution in [0, 0.1) is 0 Å². The summed E-state index contributed by atoms with van der Waals surface area (Å²) in [6.07, 6.45) is 0. The quantitative estimate of drug-likeness (QED) is 0.236. The first-order chi connectivity index (χ1) is 3.11. The van der Waals surface area contributed by atoms with E-state index in [2.05, 4.69) is 4.74 Å². The van der Waals surface area contributed by atoms with Gasteiger partial charge in [0.25, 0.3) is 10.1 Å². The predicted molar refractivity (Wildman–Crippen MR) is 22.4 cm³/mol.